The van der Waals surface area contributed by atoms with Crippen LogP contribution in [0.25, 0.3) is 0 Å². The van der Waals surface area contributed by atoms with E-state index in [1.165, 1.54) is 18.3 Å². The maximum Gasteiger partial charge on any atom is 0.417 e. The van der Waals surface area contributed by atoms with Gasteiger partial charge in [0, 0.05) is 24.1 Å². The number of benzene rings is 1. The number of carbonyl (C=O) groups is 1. The monoisotopic (exact) mass is 482 g/mol. The lowest BCUT2D eigenvalue weighted by atomic mass is 9.76. The maximum absolute atomic E-state index is 13.7. The Bertz CT molecular complexity index is 974. The first-order chi connectivity index (χ1) is 14.3. The number of pyridine rings is 1. The highest BCUT2D eigenvalue weighted by atomic mass is 35.5. The minimum absolute atomic E-state index is 0.0802. The molecule has 11 heteroatoms. The number of rotatable bonds is 4. The molecule has 3 rings (SSSR count). The number of hydrogen-bond donors (Lipinski definition) is 2. The van der Waals surface area contributed by atoms with Crippen LogP contribution in [-0.2, 0) is 6.18 Å². The van der Waals surface area contributed by atoms with Crippen molar-refractivity contribution in [3.63, 3.8) is 0 Å². The van der Waals surface area contributed by atoms with Crippen LogP contribution in [-0.4, -0.2) is 27.5 Å². The molecule has 1 heterocycles. The number of aliphatic hydroxyl groups is 1. The van der Waals surface area contributed by atoms with E-state index in [0.717, 1.165) is 18.2 Å². The topological polar surface area (TPSA) is 62.2 Å². The summed E-state index contributed by atoms with van der Waals surface area (Å²) in [5.74, 6) is -3.99. The number of aromatic nitrogens is 1. The quantitative estimate of drug-likeness (QED) is 0.539. The number of nitrogens with one attached hydrogen (secondary N) is 1. The third-order valence-electron chi connectivity index (χ3n) is 5.25. The average molecular weight is 483 g/mol. The molecule has 2 aromatic rings. The molecular weight excluding hydrogens is 466 g/mol. The van der Waals surface area contributed by atoms with Crippen LogP contribution in [0, 0.1) is 0 Å². The van der Waals surface area contributed by atoms with Crippen molar-refractivity contribution < 1.29 is 31.9 Å². The molecule has 1 saturated carbocycles. The smallest absolute Gasteiger partial charge is 0.387 e. The normalized spacial score (nSPS) is 19.0. The number of amides is 1. The summed E-state index contributed by atoms with van der Waals surface area (Å²) in [6, 6.07) is 4.31. The fraction of sp³-hybridized carbons (Fsp3) is 0.400. The zero-order chi connectivity index (χ0) is 23.0. The highest BCUT2D eigenvalue weighted by Crippen LogP contribution is 2.44. The molecule has 1 aliphatic rings. The molecule has 1 atom stereocenters. The first kappa shape index (κ1) is 23.7. The van der Waals surface area contributed by atoms with E-state index in [1.807, 2.05) is 0 Å². The first-order valence-electron chi connectivity index (χ1n) is 9.21. The van der Waals surface area contributed by atoms with Crippen molar-refractivity contribution in [3.8, 4) is 0 Å². The van der Waals surface area contributed by atoms with Gasteiger partial charge in [0.25, 0.3) is 5.91 Å². The molecule has 168 valence electrons. The van der Waals surface area contributed by atoms with Gasteiger partial charge in [0.2, 0.25) is 5.92 Å². The van der Waals surface area contributed by atoms with Gasteiger partial charge in [0.05, 0.1) is 27.4 Å². The second kappa shape index (κ2) is 8.52. The summed E-state index contributed by atoms with van der Waals surface area (Å²) in [7, 11) is 0. The van der Waals surface area contributed by atoms with Crippen molar-refractivity contribution in [2.75, 3.05) is 0 Å². The van der Waals surface area contributed by atoms with Gasteiger partial charge in [-0.25, -0.2) is 8.78 Å². The molecular formula is C20H17Cl2F5N2O2. The number of hydrogen-bond acceptors (Lipinski definition) is 3. The van der Waals surface area contributed by atoms with E-state index in [1.54, 1.807) is 0 Å². The number of alkyl halides is 5. The SMILES string of the molecule is O=C(NC(c1cc(Cl)ccn1)C1(O)CCC(F)(F)CC1)c1cccc(C(F)(F)F)c1Cl. The molecule has 1 aromatic heterocycles. The fourth-order valence-electron chi connectivity index (χ4n) is 3.54. The van der Waals surface area contributed by atoms with Crippen LogP contribution in [0.15, 0.2) is 36.5 Å². The van der Waals surface area contributed by atoms with Crippen molar-refractivity contribution in [1.82, 2.24) is 10.3 Å². The predicted octanol–water partition coefficient (Wildman–Crippen LogP) is 5.82. The Labute approximate surface area is 184 Å². The number of carbonyl (C=O) groups excluding carboxylic acids is 1. The summed E-state index contributed by atoms with van der Waals surface area (Å²) in [5, 5.41) is 12.9. The van der Waals surface area contributed by atoms with Crippen LogP contribution >= 0.6 is 23.2 Å². The summed E-state index contributed by atoms with van der Waals surface area (Å²) in [6.07, 6.45) is -5.46. The Morgan fingerprint density at radius 1 is 1.13 bits per heavy atom. The van der Waals surface area contributed by atoms with E-state index >= 15 is 0 Å². The molecule has 1 amide bonds. The van der Waals surface area contributed by atoms with E-state index in [2.05, 4.69) is 10.3 Å². The van der Waals surface area contributed by atoms with Gasteiger partial charge >= 0.3 is 6.18 Å². The molecule has 31 heavy (non-hydrogen) atoms. The zero-order valence-corrected chi connectivity index (χ0v) is 17.3. The minimum atomic E-state index is -4.78. The van der Waals surface area contributed by atoms with E-state index in [-0.39, 0.29) is 23.6 Å². The Hall–Kier alpha value is -1.97. The molecule has 4 nitrogen and oxygen atoms in total. The van der Waals surface area contributed by atoms with Gasteiger partial charge in [-0.1, -0.05) is 29.3 Å². The average Bonchev–Trinajstić information content (AvgIpc) is 2.67. The van der Waals surface area contributed by atoms with Crippen LogP contribution in [0.1, 0.15) is 53.3 Å². The van der Waals surface area contributed by atoms with Gasteiger partial charge in [-0.3, -0.25) is 9.78 Å². The summed E-state index contributed by atoms with van der Waals surface area (Å²) in [5.41, 5.74) is -3.41. The van der Waals surface area contributed by atoms with Crippen LogP contribution < -0.4 is 5.32 Å². The Balaban J connectivity index is 1.97. The maximum atomic E-state index is 13.7. The van der Waals surface area contributed by atoms with Gasteiger partial charge in [-0.05, 0) is 37.1 Å². The van der Waals surface area contributed by atoms with Crippen molar-refractivity contribution in [2.24, 2.45) is 0 Å². The summed E-state index contributed by atoms with van der Waals surface area (Å²) >= 11 is 11.8. The predicted molar refractivity (Wildman–Crippen MR) is 104 cm³/mol. The van der Waals surface area contributed by atoms with Gasteiger partial charge < -0.3 is 10.4 Å². The molecule has 0 aliphatic heterocycles. The molecule has 2 N–H and O–H groups in total. The summed E-state index contributed by atoms with van der Waals surface area (Å²) < 4.78 is 66.7. The van der Waals surface area contributed by atoms with Gasteiger partial charge in [0.15, 0.2) is 0 Å². The van der Waals surface area contributed by atoms with Crippen LogP contribution in [0.3, 0.4) is 0 Å². The van der Waals surface area contributed by atoms with E-state index in [0.29, 0.717) is 0 Å². The molecule has 0 radical (unpaired) electrons. The number of nitrogens with zero attached hydrogens (tertiary/aromatic N) is 1. The molecule has 1 unspecified atom stereocenters. The van der Waals surface area contributed by atoms with E-state index < -0.39 is 58.6 Å². The lowest BCUT2D eigenvalue weighted by Gasteiger charge is -2.41. The van der Waals surface area contributed by atoms with Crippen molar-refractivity contribution in [1.29, 1.82) is 0 Å². The molecule has 0 saturated heterocycles. The van der Waals surface area contributed by atoms with Crippen LogP contribution in [0.4, 0.5) is 22.0 Å². The van der Waals surface area contributed by atoms with E-state index in [4.69, 9.17) is 23.2 Å². The second-order valence-corrected chi connectivity index (χ2v) is 8.24. The standard InChI is InChI=1S/C20H17Cl2F5N2O2/c21-11-4-9-28-14(10-11)16(18(31)5-7-19(23,24)8-6-18)29-17(30)12-2-1-3-13(15(12)22)20(25,26)27/h1-4,9-10,16,31H,5-8H2,(H,29,30). The molecule has 1 aliphatic carbocycles. The molecule has 0 bridgehead atoms. The van der Waals surface area contributed by atoms with Crippen LogP contribution in [0.5, 0.6) is 0 Å². The number of halogens is 7. The van der Waals surface area contributed by atoms with Crippen molar-refractivity contribution in [3.05, 3.63) is 63.4 Å². The van der Waals surface area contributed by atoms with Gasteiger partial charge in [-0.15, -0.1) is 0 Å². The van der Waals surface area contributed by atoms with E-state index in [9.17, 15) is 31.9 Å². The van der Waals surface area contributed by atoms with Crippen LogP contribution in [0.2, 0.25) is 10.0 Å². The highest BCUT2D eigenvalue weighted by Gasteiger charge is 2.48. The summed E-state index contributed by atoms with van der Waals surface area (Å²) in [4.78, 5) is 16.9. The zero-order valence-electron chi connectivity index (χ0n) is 15.8. The lowest BCUT2D eigenvalue weighted by molar-refractivity contribution is -0.137. The molecule has 1 fully saturated rings. The third kappa shape index (κ3) is 5.27. The Morgan fingerprint density at radius 2 is 1.77 bits per heavy atom. The third-order valence-corrected chi connectivity index (χ3v) is 5.89. The second-order valence-electron chi connectivity index (χ2n) is 7.43. The minimum Gasteiger partial charge on any atom is -0.387 e. The Kier molecular flexibility index (Phi) is 6.51. The fourth-order valence-corrected chi connectivity index (χ4v) is 4.02. The largest absolute Gasteiger partial charge is 0.417 e. The lowest BCUT2D eigenvalue weighted by Crippen LogP contribution is -2.50. The summed E-state index contributed by atoms with van der Waals surface area (Å²) in [6.45, 7) is 0. The van der Waals surface area contributed by atoms with Crippen molar-refractivity contribution in [2.45, 2.75) is 49.4 Å². The highest BCUT2D eigenvalue weighted by molar-refractivity contribution is 6.34. The molecule has 0 spiro atoms. The van der Waals surface area contributed by atoms with Gasteiger partial charge in [0.1, 0.15) is 6.04 Å². The van der Waals surface area contributed by atoms with Crippen molar-refractivity contribution >= 4 is 29.1 Å². The Morgan fingerprint density at radius 3 is 2.35 bits per heavy atom. The van der Waals surface area contributed by atoms with Gasteiger partial charge in [-0.2, -0.15) is 13.2 Å². The first-order valence-corrected chi connectivity index (χ1v) is 9.96. The molecule has 1 aromatic carbocycles.